The lowest BCUT2D eigenvalue weighted by Gasteiger charge is -2.16. The summed E-state index contributed by atoms with van der Waals surface area (Å²) in [6, 6.07) is 14.0. The number of thiocarbonyl (C=S) groups is 1. The van der Waals surface area contributed by atoms with Crippen molar-refractivity contribution in [3.63, 3.8) is 0 Å². The number of hydrogen-bond donors (Lipinski definition) is 0. The first-order valence-electron chi connectivity index (χ1n) is 8.97. The highest BCUT2D eigenvalue weighted by Gasteiger charge is 2.32. The van der Waals surface area contributed by atoms with Gasteiger partial charge in [0.2, 0.25) is 0 Å². The zero-order chi connectivity index (χ0) is 19.7. The molecule has 3 heterocycles. The average Bonchev–Trinajstić information content (AvgIpc) is 3.39. The van der Waals surface area contributed by atoms with Gasteiger partial charge in [-0.05, 0) is 35.6 Å². The predicted molar refractivity (Wildman–Crippen MR) is 122 cm³/mol. The third-order valence-corrected chi connectivity index (χ3v) is 6.48. The van der Waals surface area contributed by atoms with Crippen molar-refractivity contribution in [2.45, 2.75) is 13.8 Å². The summed E-state index contributed by atoms with van der Waals surface area (Å²) in [7, 11) is 0. The van der Waals surface area contributed by atoms with Crippen LogP contribution in [0.1, 0.15) is 19.4 Å². The van der Waals surface area contributed by atoms with Gasteiger partial charge in [0.1, 0.15) is 10.0 Å². The van der Waals surface area contributed by atoms with Crippen LogP contribution in [0.15, 0.2) is 58.9 Å². The number of aromatic nitrogens is 2. The highest BCUT2D eigenvalue weighted by atomic mass is 32.2. The molecule has 7 heteroatoms. The Kier molecular flexibility index (Phi) is 5.48. The molecule has 1 saturated heterocycles. The Bertz CT molecular complexity index is 1040. The Balaban J connectivity index is 1.75. The molecule has 1 fully saturated rings. The largest absolute Gasteiger partial charge is 0.293 e. The molecule has 1 amide bonds. The molecule has 0 unspecified atom stereocenters. The highest BCUT2D eigenvalue weighted by Crippen LogP contribution is 2.36. The van der Waals surface area contributed by atoms with Crippen molar-refractivity contribution < 1.29 is 4.79 Å². The molecule has 4 nitrogen and oxygen atoms in total. The fraction of sp³-hybridized carbons (Fsp3) is 0.190. The van der Waals surface area contributed by atoms with Crippen molar-refractivity contribution in [3.8, 4) is 16.3 Å². The van der Waals surface area contributed by atoms with E-state index in [1.54, 1.807) is 16.2 Å². The Morgan fingerprint density at radius 3 is 2.64 bits per heavy atom. The number of benzene rings is 1. The van der Waals surface area contributed by atoms with Crippen LogP contribution >= 0.6 is 35.3 Å². The second-order valence-electron chi connectivity index (χ2n) is 6.88. The van der Waals surface area contributed by atoms with Gasteiger partial charge in [0.05, 0.1) is 15.5 Å². The van der Waals surface area contributed by atoms with Crippen molar-refractivity contribution in [2.24, 2.45) is 5.92 Å². The summed E-state index contributed by atoms with van der Waals surface area (Å²) >= 11 is 8.43. The number of nitrogens with zero attached hydrogens (tertiary/aromatic N) is 3. The maximum absolute atomic E-state index is 12.9. The quantitative estimate of drug-likeness (QED) is 0.402. The van der Waals surface area contributed by atoms with Crippen LogP contribution < -0.4 is 0 Å². The summed E-state index contributed by atoms with van der Waals surface area (Å²) in [6.45, 7) is 4.81. The smallest absolute Gasteiger partial charge is 0.266 e. The zero-order valence-corrected chi connectivity index (χ0v) is 18.0. The molecule has 0 N–H and O–H groups in total. The van der Waals surface area contributed by atoms with Gasteiger partial charge in [-0.25, -0.2) is 4.68 Å². The minimum absolute atomic E-state index is 0.0201. The van der Waals surface area contributed by atoms with Crippen LogP contribution in [0.4, 0.5) is 0 Å². The molecule has 4 rings (SSSR count). The Hall–Kier alpha value is -2.22. The summed E-state index contributed by atoms with van der Waals surface area (Å²) in [6.07, 6.45) is 3.89. The van der Waals surface area contributed by atoms with Gasteiger partial charge in [-0.1, -0.05) is 62.1 Å². The predicted octanol–water partition coefficient (Wildman–Crippen LogP) is 5.46. The van der Waals surface area contributed by atoms with Gasteiger partial charge < -0.3 is 0 Å². The third-order valence-electron chi connectivity index (χ3n) is 4.23. The van der Waals surface area contributed by atoms with Crippen LogP contribution in [0.25, 0.3) is 22.3 Å². The topological polar surface area (TPSA) is 38.1 Å². The molecule has 0 spiro atoms. The Morgan fingerprint density at radius 1 is 1.18 bits per heavy atom. The molecular weight excluding hydrogens is 406 g/mol. The fourth-order valence-electron chi connectivity index (χ4n) is 2.97. The average molecular weight is 426 g/mol. The molecular formula is C21H19N3OS3. The number of carbonyl (C=O) groups excluding carboxylic acids is 1. The molecule has 0 bridgehead atoms. The maximum atomic E-state index is 12.9. The van der Waals surface area contributed by atoms with Crippen molar-refractivity contribution >= 4 is 51.6 Å². The van der Waals surface area contributed by atoms with Crippen LogP contribution in [-0.4, -0.2) is 31.5 Å². The number of thiophene rings is 1. The van der Waals surface area contributed by atoms with E-state index in [4.69, 9.17) is 17.3 Å². The molecule has 28 heavy (non-hydrogen) atoms. The first-order valence-corrected chi connectivity index (χ1v) is 11.1. The Morgan fingerprint density at radius 2 is 1.96 bits per heavy atom. The number of rotatable bonds is 5. The van der Waals surface area contributed by atoms with Gasteiger partial charge in [-0.3, -0.25) is 9.69 Å². The number of hydrogen-bond acceptors (Lipinski definition) is 5. The Labute approximate surface area is 177 Å². The van der Waals surface area contributed by atoms with E-state index in [1.165, 1.54) is 11.8 Å². The van der Waals surface area contributed by atoms with Gasteiger partial charge in [0.25, 0.3) is 5.91 Å². The first kappa shape index (κ1) is 19.1. The van der Waals surface area contributed by atoms with E-state index in [9.17, 15) is 4.79 Å². The SMILES string of the molecule is CC(C)CN1C(=O)C(=Cc2cn(-c3ccccc3)nc2-c2cccs2)SC1=S. The van der Waals surface area contributed by atoms with E-state index in [0.717, 1.165) is 21.8 Å². The second-order valence-corrected chi connectivity index (χ2v) is 9.50. The van der Waals surface area contributed by atoms with E-state index in [1.807, 2.05) is 64.8 Å². The molecule has 3 aromatic rings. The first-order chi connectivity index (χ1) is 13.5. The monoisotopic (exact) mass is 425 g/mol. The van der Waals surface area contributed by atoms with E-state index in [0.29, 0.717) is 21.7 Å². The van der Waals surface area contributed by atoms with E-state index < -0.39 is 0 Å². The van der Waals surface area contributed by atoms with Gasteiger partial charge in [0, 0.05) is 18.3 Å². The molecule has 0 saturated carbocycles. The van der Waals surface area contributed by atoms with Crippen molar-refractivity contribution in [1.82, 2.24) is 14.7 Å². The molecule has 1 aliphatic rings. The van der Waals surface area contributed by atoms with Crippen LogP contribution in [0.5, 0.6) is 0 Å². The van der Waals surface area contributed by atoms with Gasteiger partial charge in [-0.2, -0.15) is 5.10 Å². The molecule has 0 aliphatic carbocycles. The van der Waals surface area contributed by atoms with Crippen LogP contribution in [-0.2, 0) is 4.79 Å². The van der Waals surface area contributed by atoms with E-state index >= 15 is 0 Å². The third kappa shape index (κ3) is 3.83. The van der Waals surface area contributed by atoms with Crippen LogP contribution in [0.3, 0.4) is 0 Å². The van der Waals surface area contributed by atoms with Gasteiger partial charge in [-0.15, -0.1) is 11.3 Å². The van der Waals surface area contributed by atoms with Crippen LogP contribution in [0.2, 0.25) is 0 Å². The molecule has 0 radical (unpaired) electrons. The summed E-state index contributed by atoms with van der Waals surface area (Å²) in [4.78, 5) is 16.3. The lowest BCUT2D eigenvalue weighted by Crippen LogP contribution is -2.31. The molecule has 142 valence electrons. The minimum Gasteiger partial charge on any atom is -0.293 e. The van der Waals surface area contributed by atoms with Crippen molar-refractivity contribution in [2.75, 3.05) is 6.54 Å². The number of amides is 1. The zero-order valence-electron chi connectivity index (χ0n) is 15.5. The van der Waals surface area contributed by atoms with E-state index in [-0.39, 0.29) is 5.91 Å². The van der Waals surface area contributed by atoms with Crippen molar-refractivity contribution in [3.05, 3.63) is 64.5 Å². The lowest BCUT2D eigenvalue weighted by atomic mass is 10.2. The summed E-state index contributed by atoms with van der Waals surface area (Å²) in [5, 5.41) is 6.82. The number of thioether (sulfide) groups is 1. The molecule has 2 aromatic heterocycles. The van der Waals surface area contributed by atoms with Gasteiger partial charge in [0.15, 0.2) is 0 Å². The maximum Gasteiger partial charge on any atom is 0.266 e. The molecule has 1 aromatic carbocycles. The van der Waals surface area contributed by atoms with E-state index in [2.05, 4.69) is 13.8 Å². The standard InChI is InChI=1S/C21H19N3OS3/c1-14(2)12-23-20(25)18(28-21(23)26)11-15-13-24(16-7-4-3-5-8-16)22-19(15)17-9-6-10-27-17/h3-11,13-14H,12H2,1-2H3. The summed E-state index contributed by atoms with van der Waals surface area (Å²) < 4.78 is 2.48. The summed E-state index contributed by atoms with van der Waals surface area (Å²) in [5.74, 6) is 0.345. The fourth-order valence-corrected chi connectivity index (χ4v) is 4.97. The number of carbonyl (C=O) groups is 1. The second kappa shape index (κ2) is 8.03. The minimum atomic E-state index is -0.0201. The van der Waals surface area contributed by atoms with Crippen LogP contribution in [0, 0.1) is 5.92 Å². The van der Waals surface area contributed by atoms with Crippen molar-refractivity contribution in [1.29, 1.82) is 0 Å². The highest BCUT2D eigenvalue weighted by molar-refractivity contribution is 8.26. The molecule has 0 atom stereocenters. The normalized spacial score (nSPS) is 16.0. The van der Waals surface area contributed by atoms with Gasteiger partial charge >= 0.3 is 0 Å². The lowest BCUT2D eigenvalue weighted by molar-refractivity contribution is -0.122. The molecule has 1 aliphatic heterocycles. The summed E-state index contributed by atoms with van der Waals surface area (Å²) in [5.41, 5.74) is 2.76. The number of para-hydroxylation sites is 1.